The molecule has 25 heavy (non-hydrogen) atoms. The van der Waals surface area contributed by atoms with Gasteiger partial charge in [-0.15, -0.1) is 11.8 Å². The Morgan fingerprint density at radius 2 is 1.88 bits per heavy atom. The number of amides is 2. The van der Waals surface area contributed by atoms with Gasteiger partial charge in [0.05, 0.1) is 11.4 Å². The molecule has 0 aliphatic carbocycles. The van der Waals surface area contributed by atoms with Crippen LogP contribution >= 0.6 is 11.8 Å². The maximum absolute atomic E-state index is 12.5. The Bertz CT molecular complexity index is 808. The average Bonchev–Trinajstić information content (AvgIpc) is 3.12. The molecule has 0 bridgehead atoms. The van der Waals surface area contributed by atoms with E-state index in [0.29, 0.717) is 17.8 Å². The first-order valence-corrected chi connectivity index (χ1v) is 8.71. The summed E-state index contributed by atoms with van der Waals surface area (Å²) in [7, 11) is 0. The fraction of sp³-hybridized carbons (Fsp3) is 0.167. The number of primary amides is 1. The summed E-state index contributed by atoms with van der Waals surface area (Å²) in [6.45, 7) is 0. The van der Waals surface area contributed by atoms with Crippen molar-refractivity contribution in [3.8, 4) is 0 Å². The quantitative estimate of drug-likeness (QED) is 0.779. The molecule has 0 aromatic heterocycles. The van der Waals surface area contributed by atoms with E-state index in [1.165, 1.54) is 11.8 Å². The van der Waals surface area contributed by atoms with Crippen LogP contribution in [0, 0.1) is 0 Å². The minimum Gasteiger partial charge on any atom is -0.387 e. The molecule has 0 spiro atoms. The summed E-state index contributed by atoms with van der Waals surface area (Å²) in [5.41, 5.74) is 7.11. The minimum absolute atomic E-state index is 0.146. The molecule has 0 saturated carbocycles. The first-order valence-electron chi connectivity index (χ1n) is 7.72. The third-order valence-corrected chi connectivity index (χ3v) is 4.70. The summed E-state index contributed by atoms with van der Waals surface area (Å²) in [5, 5.41) is 6.74. The van der Waals surface area contributed by atoms with E-state index in [4.69, 9.17) is 10.6 Å². The lowest BCUT2D eigenvalue weighted by Gasteiger charge is -2.10. The lowest BCUT2D eigenvalue weighted by Crippen LogP contribution is -2.22. The monoisotopic (exact) mass is 355 g/mol. The van der Waals surface area contributed by atoms with E-state index in [0.717, 1.165) is 10.5 Å². The van der Waals surface area contributed by atoms with Crippen molar-refractivity contribution in [2.24, 2.45) is 10.9 Å². The zero-order chi connectivity index (χ0) is 17.6. The molecule has 0 saturated heterocycles. The second-order valence-electron chi connectivity index (χ2n) is 5.45. The Kier molecular flexibility index (Phi) is 5.35. The van der Waals surface area contributed by atoms with Gasteiger partial charge in [-0.25, -0.2) is 0 Å². The van der Waals surface area contributed by atoms with Crippen molar-refractivity contribution < 1.29 is 14.4 Å². The van der Waals surface area contributed by atoms with Crippen LogP contribution in [0.15, 0.2) is 64.6 Å². The first-order chi connectivity index (χ1) is 12.1. The lowest BCUT2D eigenvalue weighted by molar-refractivity contribution is -0.115. The number of nitrogens with two attached hydrogens (primary N) is 1. The van der Waals surface area contributed by atoms with E-state index in [1.807, 2.05) is 48.5 Å². The van der Waals surface area contributed by atoms with Crippen LogP contribution < -0.4 is 11.1 Å². The molecule has 1 atom stereocenters. The summed E-state index contributed by atoms with van der Waals surface area (Å²) >= 11 is 1.28. The number of rotatable bonds is 6. The van der Waals surface area contributed by atoms with Gasteiger partial charge in [-0.3, -0.25) is 9.59 Å². The Morgan fingerprint density at radius 1 is 1.16 bits per heavy atom. The summed E-state index contributed by atoms with van der Waals surface area (Å²) in [4.78, 5) is 29.6. The smallest absolute Gasteiger partial charge is 0.273 e. The van der Waals surface area contributed by atoms with Crippen LogP contribution in [0.2, 0.25) is 0 Å². The highest BCUT2D eigenvalue weighted by molar-refractivity contribution is 8.00. The summed E-state index contributed by atoms with van der Waals surface area (Å²) in [5.74, 6) is -0.580. The van der Waals surface area contributed by atoms with Gasteiger partial charge >= 0.3 is 0 Å². The van der Waals surface area contributed by atoms with Gasteiger partial charge in [-0.2, -0.15) is 0 Å². The average molecular weight is 355 g/mol. The molecular weight excluding hydrogens is 338 g/mol. The van der Waals surface area contributed by atoms with Crippen LogP contribution in [0.25, 0.3) is 0 Å². The standard InChI is InChI=1S/C18H17N3O3S/c19-17(22)11-25-16-9-5-4-8-13(16)20-18(23)14-10-15(24-21-14)12-6-2-1-3-7-12/h1-9,15H,10-11H2,(H2,19,22)(H,20,23). The molecule has 2 amide bonds. The number of benzene rings is 2. The number of carbonyl (C=O) groups excluding carboxylic acids is 2. The van der Waals surface area contributed by atoms with Crippen molar-refractivity contribution in [1.29, 1.82) is 0 Å². The number of hydrogen-bond donors (Lipinski definition) is 2. The number of carbonyl (C=O) groups is 2. The van der Waals surface area contributed by atoms with Gasteiger partial charge in [0.15, 0.2) is 6.10 Å². The van der Waals surface area contributed by atoms with Gasteiger partial charge in [0.25, 0.3) is 5.91 Å². The van der Waals surface area contributed by atoms with Crippen molar-refractivity contribution >= 4 is 35.0 Å². The topological polar surface area (TPSA) is 93.8 Å². The van der Waals surface area contributed by atoms with Crippen molar-refractivity contribution in [1.82, 2.24) is 0 Å². The molecule has 3 rings (SSSR count). The normalized spacial score (nSPS) is 16.0. The molecule has 128 valence electrons. The summed E-state index contributed by atoms with van der Waals surface area (Å²) in [6, 6.07) is 16.9. The highest BCUT2D eigenvalue weighted by Crippen LogP contribution is 2.29. The van der Waals surface area contributed by atoms with Crippen molar-refractivity contribution in [3.05, 3.63) is 60.2 Å². The van der Waals surface area contributed by atoms with Gasteiger partial charge in [0.1, 0.15) is 5.71 Å². The van der Waals surface area contributed by atoms with E-state index in [9.17, 15) is 9.59 Å². The van der Waals surface area contributed by atoms with Crippen LogP contribution in [0.3, 0.4) is 0 Å². The summed E-state index contributed by atoms with van der Waals surface area (Å²) in [6.07, 6.45) is 0.160. The number of nitrogens with zero attached hydrogens (tertiary/aromatic N) is 1. The number of anilines is 1. The van der Waals surface area contributed by atoms with E-state index < -0.39 is 5.91 Å². The molecule has 7 heteroatoms. The maximum atomic E-state index is 12.5. The number of thioether (sulfide) groups is 1. The largest absolute Gasteiger partial charge is 0.387 e. The SMILES string of the molecule is NC(=O)CSc1ccccc1NC(=O)C1=NOC(c2ccccc2)C1. The Balaban J connectivity index is 1.64. The Morgan fingerprint density at radius 3 is 2.64 bits per heavy atom. The van der Waals surface area contributed by atoms with Crippen LogP contribution in [-0.2, 0) is 14.4 Å². The molecule has 0 radical (unpaired) electrons. The van der Waals surface area contributed by atoms with Crippen molar-refractivity contribution in [2.45, 2.75) is 17.4 Å². The van der Waals surface area contributed by atoms with Crippen LogP contribution in [-0.4, -0.2) is 23.3 Å². The van der Waals surface area contributed by atoms with Gasteiger partial charge < -0.3 is 15.9 Å². The number of oxime groups is 1. The molecular formula is C18H17N3O3S. The van der Waals surface area contributed by atoms with Gasteiger partial charge in [-0.1, -0.05) is 47.6 Å². The third-order valence-electron chi connectivity index (χ3n) is 3.61. The van der Waals surface area contributed by atoms with E-state index in [2.05, 4.69) is 10.5 Å². The molecule has 2 aromatic rings. The fourth-order valence-electron chi connectivity index (χ4n) is 2.40. The molecule has 1 unspecified atom stereocenters. The predicted octanol–water partition coefficient (Wildman–Crippen LogP) is 2.72. The second kappa shape index (κ2) is 7.85. The van der Waals surface area contributed by atoms with Gasteiger partial charge in [-0.05, 0) is 17.7 Å². The van der Waals surface area contributed by atoms with E-state index >= 15 is 0 Å². The highest BCUT2D eigenvalue weighted by atomic mass is 32.2. The van der Waals surface area contributed by atoms with E-state index in [-0.39, 0.29) is 17.8 Å². The molecule has 2 aromatic carbocycles. The van der Waals surface area contributed by atoms with Gasteiger partial charge in [0.2, 0.25) is 5.91 Å². The van der Waals surface area contributed by atoms with Crippen LogP contribution in [0.4, 0.5) is 5.69 Å². The second-order valence-corrected chi connectivity index (χ2v) is 6.47. The van der Waals surface area contributed by atoms with Crippen molar-refractivity contribution in [3.63, 3.8) is 0 Å². The maximum Gasteiger partial charge on any atom is 0.273 e. The van der Waals surface area contributed by atoms with Gasteiger partial charge in [0, 0.05) is 11.3 Å². The molecule has 1 aliphatic heterocycles. The number of para-hydroxylation sites is 1. The predicted molar refractivity (Wildman–Crippen MR) is 97.3 cm³/mol. The van der Waals surface area contributed by atoms with Crippen molar-refractivity contribution in [2.75, 3.05) is 11.1 Å². The molecule has 1 heterocycles. The molecule has 3 N–H and O–H groups in total. The summed E-state index contributed by atoms with van der Waals surface area (Å²) < 4.78 is 0. The first kappa shape index (κ1) is 17.0. The van der Waals surface area contributed by atoms with E-state index in [1.54, 1.807) is 6.07 Å². The number of nitrogens with one attached hydrogen (secondary N) is 1. The Labute approximate surface area is 149 Å². The molecule has 1 aliphatic rings. The minimum atomic E-state index is -0.412. The Hall–Kier alpha value is -2.80. The highest BCUT2D eigenvalue weighted by Gasteiger charge is 2.27. The van der Waals surface area contributed by atoms with Crippen LogP contribution in [0.5, 0.6) is 0 Å². The third kappa shape index (κ3) is 4.39. The number of hydrogen-bond acceptors (Lipinski definition) is 5. The fourth-order valence-corrected chi connectivity index (χ4v) is 3.14. The molecule has 0 fully saturated rings. The zero-order valence-corrected chi connectivity index (χ0v) is 14.2. The zero-order valence-electron chi connectivity index (χ0n) is 13.3. The lowest BCUT2D eigenvalue weighted by atomic mass is 10.0. The molecule has 6 nitrogen and oxygen atoms in total. The van der Waals surface area contributed by atoms with Crippen LogP contribution in [0.1, 0.15) is 18.1 Å².